The third kappa shape index (κ3) is 4.64. The second-order valence-electron chi connectivity index (χ2n) is 13.3. The minimum absolute atomic E-state index is 0.185. The Morgan fingerprint density at radius 1 is 0.320 bits per heavy atom. The molecule has 0 radical (unpaired) electrons. The second kappa shape index (κ2) is 11.6. The molecule has 2 heteroatoms. The topological polar surface area (TPSA) is 4.93 Å². The second-order valence-corrected chi connectivity index (χ2v) is 13.3. The standard InChI is InChI=1S/C48H32BN/c1-3-13-33(14-4-1)37-25-27-46-43(31-37)41-21-7-9-23-45(41)49(46)39-19-11-17-35(29-39)36-18-12-20-40(30-36)50-47-24-10-8-22-42(47)44-32-38(26-28-48(44)50)34-15-5-2-6-16-34/h1-32H. The van der Waals surface area contributed by atoms with Crippen LogP contribution < -0.4 is 16.4 Å². The molecule has 0 bridgehead atoms. The Labute approximate surface area is 292 Å². The van der Waals surface area contributed by atoms with Crippen molar-refractivity contribution in [1.82, 2.24) is 4.57 Å². The van der Waals surface area contributed by atoms with Crippen LogP contribution in [0.25, 0.3) is 72.0 Å². The predicted octanol–water partition coefficient (Wildman–Crippen LogP) is 10.3. The maximum absolute atomic E-state index is 2.42. The fraction of sp³-hybridized carbons (Fsp3) is 0. The van der Waals surface area contributed by atoms with Crippen LogP contribution in [0.2, 0.25) is 0 Å². The lowest BCUT2D eigenvalue weighted by molar-refractivity contribution is 1.18. The molecular weight excluding hydrogens is 601 g/mol. The lowest BCUT2D eigenvalue weighted by atomic mass is 9.39. The molecule has 0 N–H and O–H groups in total. The first kappa shape index (κ1) is 28.6. The fourth-order valence-corrected chi connectivity index (χ4v) is 8.16. The zero-order valence-corrected chi connectivity index (χ0v) is 27.5. The molecule has 232 valence electrons. The van der Waals surface area contributed by atoms with Gasteiger partial charge in [0.1, 0.15) is 0 Å². The lowest BCUT2D eigenvalue weighted by Gasteiger charge is -2.14. The molecule has 0 atom stereocenters. The van der Waals surface area contributed by atoms with Gasteiger partial charge in [-0.3, -0.25) is 0 Å². The van der Waals surface area contributed by atoms with E-state index in [1.54, 1.807) is 0 Å². The van der Waals surface area contributed by atoms with Crippen LogP contribution >= 0.6 is 0 Å². The number of nitrogens with zero attached hydrogens (tertiary/aromatic N) is 1. The predicted molar refractivity (Wildman–Crippen MR) is 214 cm³/mol. The summed E-state index contributed by atoms with van der Waals surface area (Å²) in [6.07, 6.45) is 0. The van der Waals surface area contributed by atoms with E-state index < -0.39 is 0 Å². The summed E-state index contributed by atoms with van der Waals surface area (Å²) in [4.78, 5) is 0. The van der Waals surface area contributed by atoms with Crippen LogP contribution in [-0.4, -0.2) is 11.3 Å². The Kier molecular flexibility index (Phi) is 6.67. The van der Waals surface area contributed by atoms with Gasteiger partial charge < -0.3 is 4.57 Å². The monoisotopic (exact) mass is 633 g/mol. The van der Waals surface area contributed by atoms with Crippen molar-refractivity contribution in [2.45, 2.75) is 0 Å². The smallest absolute Gasteiger partial charge is 0.242 e. The molecule has 50 heavy (non-hydrogen) atoms. The van der Waals surface area contributed by atoms with Gasteiger partial charge in [0, 0.05) is 16.5 Å². The summed E-state index contributed by atoms with van der Waals surface area (Å²) in [6.45, 7) is 0.185. The number of rotatable bonds is 5. The first-order chi connectivity index (χ1) is 24.8. The quantitative estimate of drug-likeness (QED) is 0.166. The van der Waals surface area contributed by atoms with Gasteiger partial charge in [0.05, 0.1) is 11.0 Å². The number of hydrogen-bond donors (Lipinski definition) is 0. The molecule has 1 nitrogen and oxygen atoms in total. The van der Waals surface area contributed by atoms with Crippen molar-refractivity contribution in [2.24, 2.45) is 0 Å². The average Bonchev–Trinajstić information content (AvgIpc) is 3.71. The van der Waals surface area contributed by atoms with Crippen LogP contribution in [0, 0.1) is 0 Å². The van der Waals surface area contributed by atoms with Gasteiger partial charge in [0.2, 0.25) is 6.71 Å². The minimum Gasteiger partial charge on any atom is -0.309 e. The fourth-order valence-electron chi connectivity index (χ4n) is 8.16. The minimum atomic E-state index is 0.185. The third-order valence-corrected chi connectivity index (χ3v) is 10.5. The van der Waals surface area contributed by atoms with E-state index in [1.165, 1.54) is 82.7 Å². The van der Waals surface area contributed by atoms with Gasteiger partial charge in [-0.2, -0.15) is 0 Å². The zero-order valence-electron chi connectivity index (χ0n) is 27.5. The summed E-state index contributed by atoms with van der Waals surface area (Å²) in [5, 5.41) is 2.53. The Hall–Kier alpha value is -6.38. The molecule has 1 aromatic heterocycles. The van der Waals surface area contributed by atoms with Crippen molar-refractivity contribution in [3.05, 3.63) is 194 Å². The van der Waals surface area contributed by atoms with Crippen LogP contribution in [0.1, 0.15) is 0 Å². The highest BCUT2D eigenvalue weighted by Crippen LogP contribution is 2.36. The van der Waals surface area contributed by atoms with Crippen LogP contribution in [-0.2, 0) is 0 Å². The SMILES string of the molecule is c1ccc(-c2ccc3c(c2)-c2ccccc2B3c2cccc(-c3cccc(-n4c5ccccc5c5cc(-c6ccccc6)ccc54)c3)c2)cc1. The summed E-state index contributed by atoms with van der Waals surface area (Å²) in [5.74, 6) is 0. The molecule has 0 aliphatic carbocycles. The van der Waals surface area contributed by atoms with Crippen molar-refractivity contribution in [1.29, 1.82) is 0 Å². The van der Waals surface area contributed by atoms with Crippen LogP contribution in [0.4, 0.5) is 0 Å². The molecule has 9 aromatic rings. The number of benzene rings is 8. The van der Waals surface area contributed by atoms with Crippen LogP contribution in [0.3, 0.4) is 0 Å². The van der Waals surface area contributed by atoms with E-state index in [0.29, 0.717) is 0 Å². The van der Waals surface area contributed by atoms with E-state index in [0.717, 1.165) is 5.69 Å². The molecule has 0 spiro atoms. The van der Waals surface area contributed by atoms with Crippen molar-refractivity contribution < 1.29 is 0 Å². The van der Waals surface area contributed by atoms with Crippen LogP contribution in [0.15, 0.2) is 194 Å². The van der Waals surface area contributed by atoms with E-state index in [1.807, 2.05) is 0 Å². The first-order valence-corrected chi connectivity index (χ1v) is 17.4. The Morgan fingerprint density at radius 3 is 1.72 bits per heavy atom. The van der Waals surface area contributed by atoms with Gasteiger partial charge in [0.15, 0.2) is 0 Å². The van der Waals surface area contributed by atoms with E-state index in [-0.39, 0.29) is 6.71 Å². The Balaban J connectivity index is 1.07. The summed E-state index contributed by atoms with van der Waals surface area (Å²) in [7, 11) is 0. The van der Waals surface area contributed by atoms with Crippen LogP contribution in [0.5, 0.6) is 0 Å². The molecule has 8 aromatic carbocycles. The molecule has 0 unspecified atom stereocenters. The maximum atomic E-state index is 2.42. The molecule has 0 saturated heterocycles. The van der Waals surface area contributed by atoms with Crippen molar-refractivity contribution in [3.8, 4) is 50.2 Å². The molecule has 0 amide bonds. The van der Waals surface area contributed by atoms with E-state index in [9.17, 15) is 0 Å². The van der Waals surface area contributed by atoms with E-state index in [4.69, 9.17) is 0 Å². The number of hydrogen-bond acceptors (Lipinski definition) is 0. The average molecular weight is 634 g/mol. The van der Waals surface area contributed by atoms with Crippen molar-refractivity contribution in [3.63, 3.8) is 0 Å². The molecule has 0 saturated carbocycles. The first-order valence-electron chi connectivity index (χ1n) is 17.4. The maximum Gasteiger partial charge on any atom is 0.242 e. The largest absolute Gasteiger partial charge is 0.309 e. The molecule has 1 aliphatic heterocycles. The van der Waals surface area contributed by atoms with E-state index >= 15 is 0 Å². The highest BCUT2D eigenvalue weighted by molar-refractivity contribution is 6.99. The zero-order chi connectivity index (χ0) is 33.0. The van der Waals surface area contributed by atoms with E-state index in [2.05, 4.69) is 199 Å². The van der Waals surface area contributed by atoms with Gasteiger partial charge >= 0.3 is 0 Å². The lowest BCUT2D eigenvalue weighted by Crippen LogP contribution is -2.48. The molecule has 0 fully saturated rings. The van der Waals surface area contributed by atoms with Gasteiger partial charge in [-0.05, 0) is 80.9 Å². The molecular formula is C48H32BN. The molecule has 2 heterocycles. The summed E-state index contributed by atoms with van der Waals surface area (Å²) >= 11 is 0. The Bertz CT molecular complexity index is 2710. The molecule has 10 rings (SSSR count). The van der Waals surface area contributed by atoms with Gasteiger partial charge in [-0.25, -0.2) is 0 Å². The highest BCUT2D eigenvalue weighted by atomic mass is 15.0. The summed E-state index contributed by atoms with van der Waals surface area (Å²) in [6, 6.07) is 71.1. The number of aromatic nitrogens is 1. The van der Waals surface area contributed by atoms with Crippen molar-refractivity contribution >= 4 is 44.9 Å². The van der Waals surface area contributed by atoms with Crippen molar-refractivity contribution in [2.75, 3.05) is 0 Å². The summed E-state index contributed by atoms with van der Waals surface area (Å²) in [5.41, 5.74) is 17.7. The molecule has 1 aliphatic rings. The van der Waals surface area contributed by atoms with Gasteiger partial charge in [-0.15, -0.1) is 0 Å². The number of para-hydroxylation sites is 1. The normalized spacial score (nSPS) is 12.0. The summed E-state index contributed by atoms with van der Waals surface area (Å²) < 4.78 is 2.42. The Morgan fingerprint density at radius 2 is 0.900 bits per heavy atom. The van der Waals surface area contributed by atoms with Gasteiger partial charge in [-0.1, -0.05) is 174 Å². The highest BCUT2D eigenvalue weighted by Gasteiger charge is 2.33. The van der Waals surface area contributed by atoms with Gasteiger partial charge in [0.25, 0.3) is 0 Å². The number of fused-ring (bicyclic) bond motifs is 6. The third-order valence-electron chi connectivity index (χ3n) is 10.5.